The molecule has 2 aliphatic rings. The van der Waals surface area contributed by atoms with Crippen molar-refractivity contribution in [2.24, 2.45) is 4.99 Å². The molecular formula is C24H19ClN2O3S. The predicted octanol–water partition coefficient (Wildman–Crippen LogP) is 3.63. The van der Waals surface area contributed by atoms with Gasteiger partial charge in [0.25, 0.3) is 5.56 Å². The zero-order chi connectivity index (χ0) is 21.5. The van der Waals surface area contributed by atoms with Gasteiger partial charge in [-0.2, -0.15) is 0 Å². The van der Waals surface area contributed by atoms with E-state index in [2.05, 4.69) is 0 Å². The molecule has 1 unspecified atom stereocenters. The Morgan fingerprint density at radius 2 is 1.97 bits per heavy atom. The molecule has 7 heteroatoms. The lowest BCUT2D eigenvalue weighted by Gasteiger charge is -2.28. The zero-order valence-electron chi connectivity index (χ0n) is 16.8. The fourth-order valence-electron chi connectivity index (χ4n) is 4.16. The maximum absolute atomic E-state index is 13.5. The lowest BCUT2D eigenvalue weighted by molar-refractivity contribution is -0.116. The predicted molar refractivity (Wildman–Crippen MR) is 121 cm³/mol. The van der Waals surface area contributed by atoms with E-state index in [4.69, 9.17) is 21.3 Å². The molecule has 1 aliphatic carbocycles. The average molecular weight is 451 g/mol. The van der Waals surface area contributed by atoms with Gasteiger partial charge in [-0.15, -0.1) is 0 Å². The third-order valence-electron chi connectivity index (χ3n) is 5.61. The summed E-state index contributed by atoms with van der Waals surface area (Å²) in [4.78, 5) is 31.8. The minimum absolute atomic E-state index is 0.0648. The minimum atomic E-state index is -0.480. The molecule has 31 heavy (non-hydrogen) atoms. The highest BCUT2D eigenvalue weighted by atomic mass is 35.5. The van der Waals surface area contributed by atoms with Crippen molar-refractivity contribution in [2.45, 2.75) is 25.3 Å². The number of halogens is 1. The molecule has 1 aromatic heterocycles. The van der Waals surface area contributed by atoms with Crippen LogP contribution < -0.4 is 19.6 Å². The number of fused-ring (bicyclic) bond motifs is 1. The molecule has 2 heterocycles. The van der Waals surface area contributed by atoms with E-state index in [9.17, 15) is 9.59 Å². The molecule has 0 spiro atoms. The third kappa shape index (κ3) is 3.56. The Kier molecular flexibility index (Phi) is 5.12. The van der Waals surface area contributed by atoms with Gasteiger partial charge in [0.15, 0.2) is 10.6 Å². The standard InChI is InChI=1S/C24H19ClN2O3S/c1-30-17-10-8-15(9-11-17)22-21-18(6-3-7-19(21)28)26-24-27(22)23(29)20(31-24)13-14-4-2-5-16(25)12-14/h2,4-5,8-13,22H,3,6-7H2,1H3. The number of Topliss-reactive ketones (excluding diaryl/α,β-unsaturated/α-hetero) is 1. The van der Waals surface area contributed by atoms with Crippen LogP contribution in [0.5, 0.6) is 5.75 Å². The van der Waals surface area contributed by atoms with Crippen LogP contribution in [0.3, 0.4) is 0 Å². The van der Waals surface area contributed by atoms with Gasteiger partial charge in [0.1, 0.15) is 5.75 Å². The lowest BCUT2D eigenvalue weighted by atomic mass is 9.86. The van der Waals surface area contributed by atoms with Crippen LogP contribution in [0.4, 0.5) is 0 Å². The number of hydrogen-bond acceptors (Lipinski definition) is 5. The van der Waals surface area contributed by atoms with Gasteiger partial charge in [-0.25, -0.2) is 4.99 Å². The van der Waals surface area contributed by atoms with Gasteiger partial charge in [-0.05, 0) is 54.3 Å². The fourth-order valence-corrected chi connectivity index (χ4v) is 5.38. The van der Waals surface area contributed by atoms with Gasteiger partial charge < -0.3 is 4.74 Å². The van der Waals surface area contributed by atoms with Crippen LogP contribution in [0.15, 0.2) is 69.6 Å². The molecule has 0 saturated carbocycles. The quantitative estimate of drug-likeness (QED) is 0.612. The van der Waals surface area contributed by atoms with Gasteiger partial charge in [-0.3, -0.25) is 14.2 Å². The number of allylic oxidation sites excluding steroid dienone is 2. The zero-order valence-corrected chi connectivity index (χ0v) is 18.4. The Morgan fingerprint density at radius 3 is 2.71 bits per heavy atom. The van der Waals surface area contributed by atoms with Crippen molar-refractivity contribution in [3.63, 3.8) is 0 Å². The van der Waals surface area contributed by atoms with E-state index >= 15 is 0 Å². The number of benzene rings is 2. The second-order valence-corrected chi connectivity index (χ2v) is 8.99. The number of hydrogen-bond donors (Lipinski definition) is 0. The molecule has 0 amide bonds. The second-order valence-electron chi connectivity index (χ2n) is 7.55. The van der Waals surface area contributed by atoms with Crippen LogP contribution in [-0.2, 0) is 4.79 Å². The van der Waals surface area contributed by atoms with E-state index in [0.29, 0.717) is 26.4 Å². The number of nitrogens with zero attached hydrogens (tertiary/aromatic N) is 2. The van der Waals surface area contributed by atoms with E-state index in [1.54, 1.807) is 17.7 Å². The molecule has 5 rings (SSSR count). The topological polar surface area (TPSA) is 60.7 Å². The summed E-state index contributed by atoms with van der Waals surface area (Å²) in [5.41, 5.74) is 2.99. The molecule has 2 aromatic carbocycles. The molecule has 0 N–H and O–H groups in total. The van der Waals surface area contributed by atoms with Crippen LogP contribution in [0.2, 0.25) is 5.02 Å². The number of aromatic nitrogens is 1. The molecule has 0 saturated heterocycles. The Balaban J connectivity index is 1.74. The van der Waals surface area contributed by atoms with Crippen LogP contribution in [-0.4, -0.2) is 17.5 Å². The van der Waals surface area contributed by atoms with Crippen LogP contribution in [0.1, 0.15) is 36.4 Å². The maximum atomic E-state index is 13.5. The fraction of sp³-hybridized carbons (Fsp3) is 0.208. The van der Waals surface area contributed by atoms with Gasteiger partial charge in [0, 0.05) is 17.0 Å². The number of carbonyl (C=O) groups is 1. The van der Waals surface area contributed by atoms with Crippen LogP contribution in [0, 0.1) is 0 Å². The molecular weight excluding hydrogens is 432 g/mol. The Labute approximate surface area is 187 Å². The van der Waals surface area contributed by atoms with Crippen molar-refractivity contribution >= 4 is 34.8 Å². The number of rotatable bonds is 3. The van der Waals surface area contributed by atoms with Gasteiger partial charge >= 0.3 is 0 Å². The van der Waals surface area contributed by atoms with Crippen molar-refractivity contribution < 1.29 is 9.53 Å². The van der Waals surface area contributed by atoms with E-state index < -0.39 is 6.04 Å². The number of carbonyl (C=O) groups excluding carboxylic acids is 1. The average Bonchev–Trinajstić information content (AvgIpc) is 3.07. The summed E-state index contributed by atoms with van der Waals surface area (Å²) in [6, 6.07) is 14.4. The first-order valence-corrected chi connectivity index (χ1v) is 11.2. The van der Waals surface area contributed by atoms with Gasteiger partial charge in [0.2, 0.25) is 0 Å². The maximum Gasteiger partial charge on any atom is 0.271 e. The Morgan fingerprint density at radius 1 is 1.16 bits per heavy atom. The molecule has 1 atom stereocenters. The molecule has 0 radical (unpaired) electrons. The monoisotopic (exact) mass is 450 g/mol. The summed E-state index contributed by atoms with van der Waals surface area (Å²) < 4.78 is 7.50. The molecule has 0 fully saturated rings. The first-order chi connectivity index (χ1) is 15.0. The summed E-state index contributed by atoms with van der Waals surface area (Å²) in [6.07, 6.45) is 3.84. The van der Waals surface area contributed by atoms with Crippen molar-refractivity contribution in [2.75, 3.05) is 7.11 Å². The SMILES string of the molecule is COc1ccc(C2C3=C(CCCC3=O)N=c3sc(=Cc4cccc(Cl)c4)c(=O)n32)cc1. The van der Waals surface area contributed by atoms with Gasteiger partial charge in [0.05, 0.1) is 23.4 Å². The van der Waals surface area contributed by atoms with Crippen LogP contribution >= 0.6 is 22.9 Å². The second kappa shape index (κ2) is 7.94. The molecule has 3 aromatic rings. The summed E-state index contributed by atoms with van der Waals surface area (Å²) in [6.45, 7) is 0. The lowest BCUT2D eigenvalue weighted by Crippen LogP contribution is -2.40. The van der Waals surface area contributed by atoms with Crippen LogP contribution in [0.25, 0.3) is 6.08 Å². The Bertz CT molecular complexity index is 1400. The Hall–Kier alpha value is -2.96. The normalized spacial score (nSPS) is 18.5. The van der Waals surface area contributed by atoms with Crippen molar-refractivity contribution in [1.82, 2.24) is 4.57 Å². The number of ether oxygens (including phenoxy) is 1. The first-order valence-electron chi connectivity index (χ1n) is 10.0. The van der Waals surface area contributed by atoms with Crippen molar-refractivity contribution in [3.05, 3.63) is 95.6 Å². The highest BCUT2D eigenvalue weighted by Crippen LogP contribution is 2.36. The first kappa shape index (κ1) is 20.0. The van der Waals surface area contributed by atoms with E-state index in [1.807, 2.05) is 48.5 Å². The largest absolute Gasteiger partial charge is 0.497 e. The number of methoxy groups -OCH3 is 1. The minimum Gasteiger partial charge on any atom is -0.497 e. The molecule has 0 bridgehead atoms. The van der Waals surface area contributed by atoms with E-state index in [-0.39, 0.29) is 11.3 Å². The van der Waals surface area contributed by atoms with E-state index in [1.165, 1.54) is 11.3 Å². The third-order valence-corrected chi connectivity index (χ3v) is 6.82. The van der Waals surface area contributed by atoms with Gasteiger partial charge in [-0.1, -0.05) is 47.2 Å². The summed E-state index contributed by atoms with van der Waals surface area (Å²) in [5.74, 6) is 0.788. The van der Waals surface area contributed by atoms with E-state index in [0.717, 1.165) is 35.4 Å². The molecule has 1 aliphatic heterocycles. The molecule has 5 nitrogen and oxygen atoms in total. The number of ketones is 1. The number of thiazole rings is 1. The summed E-state index contributed by atoms with van der Waals surface area (Å²) in [7, 11) is 1.61. The van der Waals surface area contributed by atoms with Crippen molar-refractivity contribution in [3.8, 4) is 5.75 Å². The summed E-state index contributed by atoms with van der Waals surface area (Å²) >= 11 is 7.45. The molecule has 156 valence electrons. The smallest absolute Gasteiger partial charge is 0.271 e. The summed E-state index contributed by atoms with van der Waals surface area (Å²) in [5, 5.41) is 0.610. The highest BCUT2D eigenvalue weighted by molar-refractivity contribution is 7.07. The van der Waals surface area contributed by atoms with Crippen molar-refractivity contribution in [1.29, 1.82) is 0 Å². The highest BCUT2D eigenvalue weighted by Gasteiger charge is 2.34.